The molecule has 3 aromatic carbocycles. The molecule has 0 saturated heterocycles. The molecule has 1 N–H and O–H groups in total. The van der Waals surface area contributed by atoms with Gasteiger partial charge in [-0.25, -0.2) is 0 Å². The zero-order chi connectivity index (χ0) is 24.2. The average Bonchev–Trinajstić information content (AvgIpc) is 2.75. The van der Waals surface area contributed by atoms with Gasteiger partial charge in [0, 0.05) is 16.1 Å². The number of alkyl halides is 3. The third-order valence-electron chi connectivity index (χ3n) is 4.20. The molecular formula is C21H14Cl3F3N2O3S. The van der Waals surface area contributed by atoms with Crippen LogP contribution in [0.5, 0.6) is 0 Å². The summed E-state index contributed by atoms with van der Waals surface area (Å²) in [6.45, 7) is -0.0442. The summed E-state index contributed by atoms with van der Waals surface area (Å²) in [5.41, 5.74) is -4.78. The van der Waals surface area contributed by atoms with Crippen LogP contribution in [0.2, 0.25) is 15.1 Å². The molecule has 33 heavy (non-hydrogen) atoms. The SMILES string of the molecule is O=S(=O)(Nc1ccc(Cl)cc1/C(=N/OCc1ccc(Cl)c(Cl)c1)c1ccccc1)C(F)(F)F. The second-order valence-electron chi connectivity index (χ2n) is 6.57. The molecule has 0 amide bonds. The number of hydrogen-bond acceptors (Lipinski definition) is 4. The Morgan fingerprint density at radius 2 is 1.64 bits per heavy atom. The van der Waals surface area contributed by atoms with Gasteiger partial charge in [-0.05, 0) is 35.9 Å². The molecule has 5 nitrogen and oxygen atoms in total. The van der Waals surface area contributed by atoms with Gasteiger partial charge in [-0.1, -0.05) is 76.4 Å². The van der Waals surface area contributed by atoms with E-state index >= 15 is 0 Å². The van der Waals surface area contributed by atoms with Gasteiger partial charge in [0.2, 0.25) is 0 Å². The molecule has 0 atom stereocenters. The minimum Gasteiger partial charge on any atom is -0.390 e. The first-order chi connectivity index (χ1) is 15.5. The van der Waals surface area contributed by atoms with Crippen LogP contribution in [0.1, 0.15) is 16.7 Å². The summed E-state index contributed by atoms with van der Waals surface area (Å²) in [4.78, 5) is 5.42. The smallest absolute Gasteiger partial charge is 0.390 e. The molecule has 3 rings (SSSR count). The molecule has 174 valence electrons. The zero-order valence-electron chi connectivity index (χ0n) is 16.4. The fourth-order valence-electron chi connectivity index (χ4n) is 2.66. The van der Waals surface area contributed by atoms with Gasteiger partial charge in [0.15, 0.2) is 0 Å². The van der Waals surface area contributed by atoms with Crippen LogP contribution in [-0.4, -0.2) is 19.6 Å². The van der Waals surface area contributed by atoms with Crippen molar-refractivity contribution >= 4 is 56.2 Å². The summed E-state index contributed by atoms with van der Waals surface area (Å²) >= 11 is 17.9. The van der Waals surface area contributed by atoms with Crippen LogP contribution in [0, 0.1) is 0 Å². The maximum absolute atomic E-state index is 13.0. The van der Waals surface area contributed by atoms with Crippen LogP contribution in [0.15, 0.2) is 71.9 Å². The van der Waals surface area contributed by atoms with Gasteiger partial charge in [-0.3, -0.25) is 4.72 Å². The maximum atomic E-state index is 13.0. The second kappa shape index (κ2) is 10.2. The highest BCUT2D eigenvalue weighted by Crippen LogP contribution is 2.30. The van der Waals surface area contributed by atoms with Crippen LogP contribution in [0.4, 0.5) is 18.9 Å². The third kappa shape index (κ3) is 6.32. The van der Waals surface area contributed by atoms with Gasteiger partial charge >= 0.3 is 15.5 Å². The maximum Gasteiger partial charge on any atom is 0.516 e. The number of rotatable bonds is 7. The number of nitrogens with zero attached hydrogens (tertiary/aromatic N) is 1. The number of halogens is 6. The van der Waals surface area contributed by atoms with E-state index in [9.17, 15) is 21.6 Å². The standard InChI is InChI=1S/C21H14Cl3F3N2O3S/c22-15-7-9-19(29-33(30,31)21(25,26)27)16(11-15)20(14-4-2-1-3-5-14)28-32-12-13-6-8-17(23)18(24)10-13/h1-11,29H,12H2/b28-20+. The molecule has 0 aliphatic carbocycles. The predicted molar refractivity (Wildman–Crippen MR) is 123 cm³/mol. The normalized spacial score (nSPS) is 12.5. The monoisotopic (exact) mass is 536 g/mol. The van der Waals surface area contributed by atoms with Crippen molar-refractivity contribution < 1.29 is 26.4 Å². The van der Waals surface area contributed by atoms with Crippen molar-refractivity contribution in [1.29, 1.82) is 0 Å². The van der Waals surface area contributed by atoms with Crippen LogP contribution in [-0.2, 0) is 21.5 Å². The number of nitrogens with one attached hydrogen (secondary N) is 1. The lowest BCUT2D eigenvalue weighted by Gasteiger charge is -2.16. The Morgan fingerprint density at radius 3 is 2.27 bits per heavy atom. The Labute approximate surface area is 202 Å². The number of hydrogen-bond donors (Lipinski definition) is 1. The topological polar surface area (TPSA) is 67.8 Å². The highest BCUT2D eigenvalue weighted by molar-refractivity contribution is 7.93. The quantitative estimate of drug-likeness (QED) is 0.264. The van der Waals surface area contributed by atoms with Gasteiger partial charge in [0.1, 0.15) is 12.3 Å². The predicted octanol–water partition coefficient (Wildman–Crippen LogP) is 6.88. The van der Waals surface area contributed by atoms with Crippen molar-refractivity contribution in [2.24, 2.45) is 5.16 Å². The Bertz CT molecular complexity index is 1280. The van der Waals surface area contributed by atoms with Crippen LogP contribution in [0.25, 0.3) is 0 Å². The molecular weight excluding hydrogens is 524 g/mol. The van der Waals surface area contributed by atoms with Crippen molar-refractivity contribution in [2.45, 2.75) is 12.1 Å². The average molecular weight is 538 g/mol. The second-order valence-corrected chi connectivity index (χ2v) is 9.49. The van der Waals surface area contributed by atoms with Gasteiger partial charge in [0.25, 0.3) is 0 Å². The molecule has 0 saturated carbocycles. The third-order valence-corrected chi connectivity index (χ3v) is 6.28. The lowest BCUT2D eigenvalue weighted by molar-refractivity contribution is -0.0429. The first-order valence-corrected chi connectivity index (χ1v) is 11.7. The molecule has 0 radical (unpaired) electrons. The highest BCUT2D eigenvalue weighted by atomic mass is 35.5. The molecule has 0 unspecified atom stereocenters. The highest BCUT2D eigenvalue weighted by Gasteiger charge is 2.46. The van der Waals surface area contributed by atoms with Crippen LogP contribution < -0.4 is 4.72 Å². The summed E-state index contributed by atoms with van der Waals surface area (Å²) in [6.07, 6.45) is 0. The molecule has 0 aliphatic heterocycles. The fourth-order valence-corrected chi connectivity index (χ4v) is 3.73. The molecule has 0 bridgehead atoms. The van der Waals surface area contributed by atoms with Crippen molar-refractivity contribution in [3.8, 4) is 0 Å². The summed E-state index contributed by atoms with van der Waals surface area (Å²) < 4.78 is 63.8. The fraction of sp³-hybridized carbons (Fsp3) is 0.0952. The molecule has 0 spiro atoms. The van der Waals surface area contributed by atoms with Crippen molar-refractivity contribution in [3.63, 3.8) is 0 Å². The van der Waals surface area contributed by atoms with E-state index in [1.807, 2.05) is 0 Å². The Morgan fingerprint density at radius 1 is 0.939 bits per heavy atom. The lowest BCUT2D eigenvalue weighted by Crippen LogP contribution is -2.30. The number of anilines is 1. The Balaban J connectivity index is 2.03. The van der Waals surface area contributed by atoms with E-state index in [2.05, 4.69) is 5.16 Å². The van der Waals surface area contributed by atoms with E-state index in [-0.39, 0.29) is 28.6 Å². The first kappa shape index (κ1) is 25.2. The molecule has 0 heterocycles. The van der Waals surface area contributed by atoms with Gasteiger partial charge in [-0.15, -0.1) is 0 Å². The van der Waals surface area contributed by atoms with E-state index in [0.717, 1.165) is 6.07 Å². The van der Waals surface area contributed by atoms with E-state index in [1.165, 1.54) is 12.1 Å². The van der Waals surface area contributed by atoms with Crippen molar-refractivity contribution in [2.75, 3.05) is 4.72 Å². The molecule has 0 aliphatic rings. The summed E-state index contributed by atoms with van der Waals surface area (Å²) in [5, 5.41) is 4.88. The van der Waals surface area contributed by atoms with Crippen LogP contribution >= 0.6 is 34.8 Å². The van der Waals surface area contributed by atoms with E-state index in [1.54, 1.807) is 53.3 Å². The van der Waals surface area contributed by atoms with Gasteiger partial charge in [0.05, 0.1) is 15.7 Å². The molecule has 12 heteroatoms. The minimum absolute atomic E-state index is 0.0179. The van der Waals surface area contributed by atoms with E-state index in [0.29, 0.717) is 21.2 Å². The summed E-state index contributed by atoms with van der Waals surface area (Å²) in [7, 11) is -5.69. The lowest BCUT2D eigenvalue weighted by atomic mass is 10.0. The number of oxime groups is 1. The Hall–Kier alpha value is -2.46. The number of benzene rings is 3. The number of sulfonamides is 1. The minimum atomic E-state index is -5.69. The molecule has 3 aromatic rings. The van der Waals surface area contributed by atoms with Gasteiger partial charge in [-0.2, -0.15) is 21.6 Å². The summed E-state index contributed by atoms with van der Waals surface area (Å²) in [6, 6.07) is 16.8. The molecule has 0 aromatic heterocycles. The van der Waals surface area contributed by atoms with E-state index < -0.39 is 15.5 Å². The van der Waals surface area contributed by atoms with Crippen LogP contribution in [0.3, 0.4) is 0 Å². The van der Waals surface area contributed by atoms with Crippen molar-refractivity contribution in [1.82, 2.24) is 0 Å². The van der Waals surface area contributed by atoms with Gasteiger partial charge < -0.3 is 4.84 Å². The van der Waals surface area contributed by atoms with E-state index in [4.69, 9.17) is 39.6 Å². The summed E-state index contributed by atoms with van der Waals surface area (Å²) in [5.74, 6) is 0. The van der Waals surface area contributed by atoms with Crippen molar-refractivity contribution in [3.05, 3.63) is 98.5 Å². The first-order valence-electron chi connectivity index (χ1n) is 9.06. The molecule has 0 fully saturated rings. The zero-order valence-corrected chi connectivity index (χ0v) is 19.5. The Kier molecular flexibility index (Phi) is 7.79. The largest absolute Gasteiger partial charge is 0.516 e.